The maximum absolute atomic E-state index is 11.7. The molecule has 2 aromatic rings. The van der Waals surface area contributed by atoms with E-state index in [4.69, 9.17) is 11.6 Å². The quantitative estimate of drug-likeness (QED) is 0.729. The van der Waals surface area contributed by atoms with E-state index in [2.05, 4.69) is 17.4 Å². The number of hydrogen-bond donors (Lipinski definition) is 1. The van der Waals surface area contributed by atoms with Crippen LogP contribution in [0.2, 0.25) is 5.02 Å². The van der Waals surface area contributed by atoms with Crippen molar-refractivity contribution in [2.45, 2.75) is 18.6 Å². The smallest absolute Gasteiger partial charge is 0.230 e. The number of carbonyl (C=O) groups is 1. The van der Waals surface area contributed by atoms with Crippen LogP contribution in [0.3, 0.4) is 0 Å². The van der Waals surface area contributed by atoms with E-state index in [0.29, 0.717) is 5.75 Å². The monoisotopic (exact) mass is 333 g/mol. The van der Waals surface area contributed by atoms with Gasteiger partial charge in [-0.2, -0.15) is 0 Å². The van der Waals surface area contributed by atoms with E-state index in [-0.39, 0.29) is 5.91 Å². The Hall–Kier alpha value is -1.45. The molecule has 2 nitrogen and oxygen atoms in total. The minimum Gasteiger partial charge on any atom is -0.355 e. The molecule has 0 unspecified atom stereocenters. The molecule has 0 aliphatic carbocycles. The van der Waals surface area contributed by atoms with Gasteiger partial charge in [0.05, 0.1) is 5.75 Å². The Labute approximate surface area is 141 Å². The standard InChI is InChI=1S/C18H20ClNOS/c19-17-10-8-16(9-11-17)13-22-14-18(21)20-12-4-7-15-5-2-1-3-6-15/h1-3,5-6,8-11H,4,7,12-14H2,(H,20,21). The summed E-state index contributed by atoms with van der Waals surface area (Å²) in [5, 5.41) is 3.71. The van der Waals surface area contributed by atoms with Crippen LogP contribution in [0, 0.1) is 0 Å². The Balaban J connectivity index is 1.55. The number of benzene rings is 2. The van der Waals surface area contributed by atoms with E-state index in [0.717, 1.165) is 30.2 Å². The van der Waals surface area contributed by atoms with Gasteiger partial charge in [-0.25, -0.2) is 0 Å². The van der Waals surface area contributed by atoms with Crippen LogP contribution in [0.4, 0.5) is 0 Å². The van der Waals surface area contributed by atoms with Gasteiger partial charge in [0.15, 0.2) is 0 Å². The van der Waals surface area contributed by atoms with Gasteiger partial charge in [0.2, 0.25) is 5.91 Å². The van der Waals surface area contributed by atoms with Gasteiger partial charge in [0, 0.05) is 17.3 Å². The van der Waals surface area contributed by atoms with E-state index in [9.17, 15) is 4.79 Å². The molecule has 116 valence electrons. The number of hydrogen-bond acceptors (Lipinski definition) is 2. The number of aryl methyl sites for hydroxylation is 1. The van der Waals surface area contributed by atoms with Gasteiger partial charge in [-0.1, -0.05) is 54.1 Å². The Morgan fingerprint density at radius 3 is 2.45 bits per heavy atom. The fourth-order valence-corrected chi connectivity index (χ4v) is 3.00. The first-order valence-electron chi connectivity index (χ1n) is 7.37. The van der Waals surface area contributed by atoms with E-state index in [1.807, 2.05) is 42.5 Å². The van der Waals surface area contributed by atoms with Crippen molar-refractivity contribution in [3.05, 3.63) is 70.7 Å². The third kappa shape index (κ3) is 6.54. The molecule has 22 heavy (non-hydrogen) atoms. The Kier molecular flexibility index (Phi) is 7.34. The minimum absolute atomic E-state index is 0.104. The van der Waals surface area contributed by atoms with Gasteiger partial charge in [0.1, 0.15) is 0 Å². The van der Waals surface area contributed by atoms with Crippen molar-refractivity contribution in [1.29, 1.82) is 0 Å². The Morgan fingerprint density at radius 2 is 1.73 bits per heavy atom. The average Bonchev–Trinajstić information content (AvgIpc) is 2.54. The molecule has 1 amide bonds. The van der Waals surface area contributed by atoms with Crippen LogP contribution in [0.25, 0.3) is 0 Å². The maximum atomic E-state index is 11.7. The molecular formula is C18H20ClNOS. The first-order valence-corrected chi connectivity index (χ1v) is 8.90. The van der Waals surface area contributed by atoms with Gasteiger partial charge in [-0.05, 0) is 36.1 Å². The molecule has 0 fully saturated rings. The number of carbonyl (C=O) groups excluding carboxylic acids is 1. The summed E-state index contributed by atoms with van der Waals surface area (Å²) in [4.78, 5) is 11.7. The molecule has 0 saturated carbocycles. The van der Waals surface area contributed by atoms with Crippen LogP contribution in [-0.2, 0) is 17.0 Å². The molecule has 0 aliphatic heterocycles. The summed E-state index contributed by atoms with van der Waals surface area (Å²) in [6.07, 6.45) is 1.97. The SMILES string of the molecule is O=C(CSCc1ccc(Cl)cc1)NCCCc1ccccc1. The van der Waals surface area contributed by atoms with Gasteiger partial charge in [-0.15, -0.1) is 11.8 Å². The zero-order chi connectivity index (χ0) is 15.6. The zero-order valence-electron chi connectivity index (χ0n) is 12.4. The molecule has 0 atom stereocenters. The van der Waals surface area contributed by atoms with Crippen molar-refractivity contribution in [2.75, 3.05) is 12.3 Å². The lowest BCUT2D eigenvalue weighted by Gasteiger charge is -2.06. The van der Waals surface area contributed by atoms with E-state index >= 15 is 0 Å². The first kappa shape index (κ1) is 16.9. The summed E-state index contributed by atoms with van der Waals surface area (Å²) in [5.41, 5.74) is 2.50. The molecule has 0 saturated heterocycles. The van der Waals surface area contributed by atoms with Crippen molar-refractivity contribution in [1.82, 2.24) is 5.32 Å². The molecule has 4 heteroatoms. The van der Waals surface area contributed by atoms with Crippen molar-refractivity contribution in [2.24, 2.45) is 0 Å². The molecule has 0 radical (unpaired) electrons. The lowest BCUT2D eigenvalue weighted by atomic mass is 10.1. The fourth-order valence-electron chi connectivity index (χ4n) is 2.06. The molecule has 2 aromatic carbocycles. The number of amides is 1. The summed E-state index contributed by atoms with van der Waals surface area (Å²) < 4.78 is 0. The van der Waals surface area contributed by atoms with E-state index in [1.54, 1.807) is 11.8 Å². The number of thioether (sulfide) groups is 1. The predicted molar refractivity (Wildman–Crippen MR) is 95.4 cm³/mol. The third-order valence-corrected chi connectivity index (χ3v) is 4.48. The summed E-state index contributed by atoms with van der Waals surface area (Å²) in [5.74, 6) is 1.43. The molecule has 0 aromatic heterocycles. The van der Waals surface area contributed by atoms with Gasteiger partial charge < -0.3 is 5.32 Å². The average molecular weight is 334 g/mol. The number of nitrogens with one attached hydrogen (secondary N) is 1. The Bertz CT molecular complexity index is 571. The minimum atomic E-state index is 0.104. The second-order valence-electron chi connectivity index (χ2n) is 5.06. The van der Waals surface area contributed by atoms with Crippen LogP contribution in [0.1, 0.15) is 17.5 Å². The van der Waals surface area contributed by atoms with Gasteiger partial charge in [0.25, 0.3) is 0 Å². The van der Waals surface area contributed by atoms with Crippen LogP contribution < -0.4 is 5.32 Å². The highest BCUT2D eigenvalue weighted by atomic mass is 35.5. The molecule has 1 N–H and O–H groups in total. The molecule has 0 aliphatic rings. The highest BCUT2D eigenvalue weighted by Crippen LogP contribution is 2.15. The van der Waals surface area contributed by atoms with Crippen LogP contribution in [0.5, 0.6) is 0 Å². The van der Waals surface area contributed by atoms with Crippen LogP contribution in [-0.4, -0.2) is 18.2 Å². The van der Waals surface area contributed by atoms with Crippen molar-refractivity contribution < 1.29 is 4.79 Å². The highest BCUT2D eigenvalue weighted by Gasteiger charge is 2.02. The third-order valence-electron chi connectivity index (χ3n) is 3.22. The lowest BCUT2D eigenvalue weighted by molar-refractivity contribution is -0.118. The molecule has 0 bridgehead atoms. The summed E-state index contributed by atoms with van der Waals surface area (Å²) in [6, 6.07) is 18.1. The number of halogens is 1. The van der Waals surface area contributed by atoms with Crippen molar-refractivity contribution in [3.63, 3.8) is 0 Å². The first-order chi connectivity index (χ1) is 10.7. The fraction of sp³-hybridized carbons (Fsp3) is 0.278. The molecular weight excluding hydrogens is 314 g/mol. The predicted octanol–water partition coefficient (Wildman–Crippen LogP) is 4.32. The summed E-state index contributed by atoms with van der Waals surface area (Å²) in [6.45, 7) is 0.731. The topological polar surface area (TPSA) is 29.1 Å². The van der Waals surface area contributed by atoms with Gasteiger partial charge in [-0.3, -0.25) is 4.79 Å². The van der Waals surface area contributed by atoms with Crippen molar-refractivity contribution in [3.8, 4) is 0 Å². The second-order valence-corrected chi connectivity index (χ2v) is 6.48. The maximum Gasteiger partial charge on any atom is 0.230 e. The molecule has 0 heterocycles. The van der Waals surface area contributed by atoms with Crippen LogP contribution in [0.15, 0.2) is 54.6 Å². The molecule has 0 spiro atoms. The van der Waals surface area contributed by atoms with Gasteiger partial charge >= 0.3 is 0 Å². The largest absolute Gasteiger partial charge is 0.355 e. The normalized spacial score (nSPS) is 10.4. The summed E-state index contributed by atoms with van der Waals surface area (Å²) >= 11 is 7.46. The van der Waals surface area contributed by atoms with Crippen LogP contribution >= 0.6 is 23.4 Å². The zero-order valence-corrected chi connectivity index (χ0v) is 14.0. The summed E-state index contributed by atoms with van der Waals surface area (Å²) in [7, 11) is 0. The second kappa shape index (κ2) is 9.54. The highest BCUT2D eigenvalue weighted by molar-refractivity contribution is 7.99. The Morgan fingerprint density at radius 1 is 1.00 bits per heavy atom. The van der Waals surface area contributed by atoms with Crippen molar-refractivity contribution >= 4 is 29.3 Å². The van der Waals surface area contributed by atoms with E-state index in [1.165, 1.54) is 11.1 Å². The molecule has 2 rings (SSSR count). The number of rotatable bonds is 8. The lowest BCUT2D eigenvalue weighted by Crippen LogP contribution is -2.26. The van der Waals surface area contributed by atoms with E-state index < -0.39 is 0 Å².